The monoisotopic (exact) mass is 447 g/mol. The van der Waals surface area contributed by atoms with Crippen molar-refractivity contribution in [1.29, 1.82) is 0 Å². The maximum Gasteiger partial charge on any atom is 0.411 e. The predicted octanol–water partition coefficient (Wildman–Crippen LogP) is 5.85. The van der Waals surface area contributed by atoms with Crippen molar-refractivity contribution in [2.75, 3.05) is 13.7 Å². The van der Waals surface area contributed by atoms with E-state index in [2.05, 4.69) is 0 Å². The summed E-state index contributed by atoms with van der Waals surface area (Å²) in [7, 11) is 1.33. The summed E-state index contributed by atoms with van der Waals surface area (Å²) in [6.07, 6.45) is -0.0342. The predicted molar refractivity (Wildman–Crippen MR) is 123 cm³/mol. The third-order valence-electron chi connectivity index (χ3n) is 6.27. The Hall–Kier alpha value is -3.67. The van der Waals surface area contributed by atoms with E-state index in [0.717, 1.165) is 22.3 Å². The van der Waals surface area contributed by atoms with E-state index < -0.39 is 17.7 Å². The number of amides is 1. The van der Waals surface area contributed by atoms with Gasteiger partial charge in [0.15, 0.2) is 5.60 Å². The number of ether oxygens (including phenoxy) is 2. The summed E-state index contributed by atoms with van der Waals surface area (Å²) in [5.41, 5.74) is 2.57. The summed E-state index contributed by atoms with van der Waals surface area (Å²) >= 11 is 0. The highest BCUT2D eigenvalue weighted by atomic mass is 19.1. The molecule has 2 unspecified atom stereocenters. The zero-order chi connectivity index (χ0) is 23.4. The Balaban J connectivity index is 1.52. The third kappa shape index (κ3) is 4.75. The zero-order valence-electron chi connectivity index (χ0n) is 18.7. The van der Waals surface area contributed by atoms with E-state index in [1.807, 2.05) is 61.5 Å². The largest absolute Gasteiger partial charge is 0.469 e. The summed E-state index contributed by atoms with van der Waals surface area (Å²) in [5.74, 6) is -0.698. The average molecular weight is 448 g/mol. The normalized spacial score (nSPS) is 19.0. The SMILES string of the molecule is COC(=O)CC1(c2ccccc2)CCN(C(C)c2ccc(-c3ccc(F)cc3)cc2)C(=O)O1. The molecular weight excluding hydrogens is 421 g/mol. The molecule has 1 fully saturated rings. The first-order chi connectivity index (χ1) is 15.9. The molecule has 0 spiro atoms. The van der Waals surface area contributed by atoms with Crippen molar-refractivity contribution < 1.29 is 23.5 Å². The minimum atomic E-state index is -1.05. The van der Waals surface area contributed by atoms with Crippen molar-refractivity contribution in [2.45, 2.75) is 31.4 Å². The van der Waals surface area contributed by atoms with E-state index in [0.29, 0.717) is 13.0 Å². The molecule has 2 atom stereocenters. The molecule has 1 saturated heterocycles. The van der Waals surface area contributed by atoms with Gasteiger partial charge in [-0.25, -0.2) is 9.18 Å². The van der Waals surface area contributed by atoms with Crippen LogP contribution in [-0.4, -0.2) is 30.6 Å². The van der Waals surface area contributed by atoms with Crippen LogP contribution in [0.3, 0.4) is 0 Å². The molecule has 1 amide bonds. The van der Waals surface area contributed by atoms with Crippen LogP contribution in [0.2, 0.25) is 0 Å². The Labute approximate surface area is 192 Å². The Bertz CT molecular complexity index is 1120. The second kappa shape index (κ2) is 9.45. The van der Waals surface area contributed by atoms with E-state index >= 15 is 0 Å². The standard InChI is InChI=1S/C27H26FNO4/c1-19(20-8-10-21(11-9-20)22-12-14-24(28)15-13-22)29-17-16-27(33-26(29)31,18-25(30)32-2)23-6-4-3-5-7-23/h3-15,19H,16-18H2,1-2H3. The molecule has 6 heteroatoms. The highest BCUT2D eigenvalue weighted by molar-refractivity contribution is 5.74. The fourth-order valence-corrected chi connectivity index (χ4v) is 4.27. The molecule has 0 N–H and O–H groups in total. The maximum atomic E-state index is 13.2. The smallest absolute Gasteiger partial charge is 0.411 e. The second-order valence-corrected chi connectivity index (χ2v) is 8.23. The molecule has 1 aliphatic rings. The molecule has 0 radical (unpaired) electrons. The van der Waals surface area contributed by atoms with Crippen molar-refractivity contribution in [2.24, 2.45) is 0 Å². The van der Waals surface area contributed by atoms with Gasteiger partial charge in [0, 0.05) is 13.0 Å². The van der Waals surface area contributed by atoms with E-state index in [4.69, 9.17) is 9.47 Å². The molecule has 0 aromatic heterocycles. The van der Waals surface area contributed by atoms with Gasteiger partial charge in [-0.2, -0.15) is 0 Å². The van der Waals surface area contributed by atoms with Gasteiger partial charge in [0.05, 0.1) is 19.6 Å². The average Bonchev–Trinajstić information content (AvgIpc) is 2.85. The first kappa shape index (κ1) is 22.5. The van der Waals surface area contributed by atoms with Crippen LogP contribution in [0.25, 0.3) is 11.1 Å². The van der Waals surface area contributed by atoms with Crippen LogP contribution in [0.4, 0.5) is 9.18 Å². The highest BCUT2D eigenvalue weighted by Gasteiger charge is 2.45. The number of halogens is 1. The van der Waals surface area contributed by atoms with Crippen molar-refractivity contribution in [3.8, 4) is 11.1 Å². The number of cyclic esters (lactones) is 1. The van der Waals surface area contributed by atoms with Crippen LogP contribution in [0.1, 0.15) is 36.9 Å². The molecule has 1 aliphatic heterocycles. The number of carbonyl (C=O) groups excluding carboxylic acids is 2. The summed E-state index contributed by atoms with van der Waals surface area (Å²) < 4.78 is 24.0. The van der Waals surface area contributed by atoms with Gasteiger partial charge in [0.25, 0.3) is 0 Å². The number of hydrogen-bond acceptors (Lipinski definition) is 4. The van der Waals surface area contributed by atoms with Crippen LogP contribution in [0.5, 0.6) is 0 Å². The molecule has 0 aliphatic carbocycles. The highest BCUT2D eigenvalue weighted by Crippen LogP contribution is 2.40. The molecule has 170 valence electrons. The first-order valence-electron chi connectivity index (χ1n) is 10.9. The summed E-state index contributed by atoms with van der Waals surface area (Å²) in [6.45, 7) is 2.38. The fraction of sp³-hybridized carbons (Fsp3) is 0.259. The topological polar surface area (TPSA) is 55.8 Å². The third-order valence-corrected chi connectivity index (χ3v) is 6.27. The van der Waals surface area contributed by atoms with Gasteiger partial charge in [-0.3, -0.25) is 4.79 Å². The van der Waals surface area contributed by atoms with E-state index in [1.54, 1.807) is 17.0 Å². The number of esters is 1. The lowest BCUT2D eigenvalue weighted by atomic mass is 9.85. The zero-order valence-corrected chi connectivity index (χ0v) is 18.7. The van der Waals surface area contributed by atoms with E-state index in [1.165, 1.54) is 19.2 Å². The van der Waals surface area contributed by atoms with Crippen LogP contribution < -0.4 is 0 Å². The lowest BCUT2D eigenvalue weighted by Crippen LogP contribution is -2.49. The van der Waals surface area contributed by atoms with Crippen LogP contribution >= 0.6 is 0 Å². The molecule has 4 rings (SSSR count). The van der Waals surface area contributed by atoms with Gasteiger partial charge in [-0.15, -0.1) is 0 Å². The van der Waals surface area contributed by atoms with Gasteiger partial charge < -0.3 is 14.4 Å². The number of benzene rings is 3. The summed E-state index contributed by atoms with van der Waals surface area (Å²) in [5, 5.41) is 0. The van der Waals surface area contributed by atoms with E-state index in [-0.39, 0.29) is 18.3 Å². The lowest BCUT2D eigenvalue weighted by Gasteiger charge is -2.43. The van der Waals surface area contributed by atoms with Crippen molar-refractivity contribution >= 4 is 12.1 Å². The maximum absolute atomic E-state index is 13.2. The van der Waals surface area contributed by atoms with Gasteiger partial charge in [0.2, 0.25) is 0 Å². The van der Waals surface area contributed by atoms with Crippen molar-refractivity contribution in [3.63, 3.8) is 0 Å². The number of nitrogens with zero attached hydrogens (tertiary/aromatic N) is 1. The Morgan fingerprint density at radius 1 is 1.03 bits per heavy atom. The van der Waals surface area contributed by atoms with Gasteiger partial charge in [0.1, 0.15) is 5.82 Å². The second-order valence-electron chi connectivity index (χ2n) is 8.23. The van der Waals surface area contributed by atoms with Gasteiger partial charge in [-0.1, -0.05) is 66.7 Å². The van der Waals surface area contributed by atoms with Crippen LogP contribution in [-0.2, 0) is 19.9 Å². The van der Waals surface area contributed by atoms with Crippen molar-refractivity contribution in [1.82, 2.24) is 4.90 Å². The molecule has 3 aromatic rings. The molecule has 1 heterocycles. The minimum Gasteiger partial charge on any atom is -0.469 e. The number of rotatable bonds is 6. The summed E-state index contributed by atoms with van der Waals surface area (Å²) in [6, 6.07) is 23.3. The quantitative estimate of drug-likeness (QED) is 0.445. The van der Waals surface area contributed by atoms with Crippen LogP contribution in [0, 0.1) is 5.82 Å². The van der Waals surface area contributed by atoms with Crippen LogP contribution in [0.15, 0.2) is 78.9 Å². The molecular formula is C27H26FNO4. The van der Waals surface area contributed by atoms with Gasteiger partial charge >= 0.3 is 12.1 Å². The Morgan fingerprint density at radius 3 is 2.21 bits per heavy atom. The van der Waals surface area contributed by atoms with Crippen molar-refractivity contribution in [3.05, 3.63) is 95.8 Å². The Morgan fingerprint density at radius 2 is 1.64 bits per heavy atom. The summed E-state index contributed by atoms with van der Waals surface area (Å²) in [4.78, 5) is 26.9. The number of carbonyl (C=O) groups is 2. The number of hydrogen-bond donors (Lipinski definition) is 0. The Kier molecular flexibility index (Phi) is 6.45. The van der Waals surface area contributed by atoms with E-state index in [9.17, 15) is 14.0 Å². The number of methoxy groups -OCH3 is 1. The molecule has 0 saturated carbocycles. The first-order valence-corrected chi connectivity index (χ1v) is 10.9. The molecule has 0 bridgehead atoms. The van der Waals surface area contributed by atoms with Gasteiger partial charge in [-0.05, 0) is 41.3 Å². The molecule has 5 nitrogen and oxygen atoms in total. The molecule has 33 heavy (non-hydrogen) atoms. The molecule has 3 aromatic carbocycles. The lowest BCUT2D eigenvalue weighted by molar-refractivity contribution is -0.149. The fourth-order valence-electron chi connectivity index (χ4n) is 4.27. The minimum absolute atomic E-state index is 0.0339.